The van der Waals surface area contributed by atoms with Gasteiger partial charge in [-0.1, -0.05) is 24.3 Å². The summed E-state index contributed by atoms with van der Waals surface area (Å²) in [5.74, 6) is -2.04. The van der Waals surface area contributed by atoms with Crippen LogP contribution in [-0.4, -0.2) is 46.9 Å². The maximum atomic E-state index is 13.5. The summed E-state index contributed by atoms with van der Waals surface area (Å²) in [6.45, 7) is 2.96. The van der Waals surface area contributed by atoms with Crippen molar-refractivity contribution in [3.8, 4) is 6.07 Å². The second-order valence-electron chi connectivity index (χ2n) is 8.49. The minimum Gasteiger partial charge on any atom is -0.452 e. The van der Waals surface area contributed by atoms with Crippen molar-refractivity contribution < 1.29 is 23.9 Å². The number of hydrogen-bond acceptors (Lipinski definition) is 6. The maximum Gasteiger partial charge on any atom is 0.354 e. The zero-order valence-electron chi connectivity index (χ0n) is 18.9. The van der Waals surface area contributed by atoms with Crippen LogP contribution in [0, 0.1) is 11.3 Å². The molecule has 3 amide bonds. The molecule has 0 aliphatic carbocycles. The summed E-state index contributed by atoms with van der Waals surface area (Å²) in [5, 5.41) is 11.4. The first-order valence-corrected chi connectivity index (χ1v) is 11.0. The highest BCUT2D eigenvalue weighted by Crippen LogP contribution is 2.45. The van der Waals surface area contributed by atoms with Gasteiger partial charge in [-0.05, 0) is 43.7 Å². The summed E-state index contributed by atoms with van der Waals surface area (Å²) in [6.07, 6.45) is 0.406. The molecule has 4 rings (SSSR count). The van der Waals surface area contributed by atoms with Crippen molar-refractivity contribution in [2.45, 2.75) is 44.8 Å². The van der Waals surface area contributed by atoms with E-state index in [1.54, 1.807) is 62.4 Å². The van der Waals surface area contributed by atoms with Crippen LogP contribution in [-0.2, 0) is 25.5 Å². The van der Waals surface area contributed by atoms with Gasteiger partial charge in [0, 0.05) is 24.6 Å². The zero-order chi connectivity index (χ0) is 24.5. The Kier molecular flexibility index (Phi) is 6.07. The number of carbonyl (C=O) groups excluding carboxylic acids is 4. The minimum atomic E-state index is -1.64. The van der Waals surface area contributed by atoms with Crippen LogP contribution in [0.5, 0.6) is 0 Å². The van der Waals surface area contributed by atoms with Gasteiger partial charge in [0.2, 0.25) is 11.6 Å². The van der Waals surface area contributed by atoms with Crippen molar-refractivity contribution in [3.63, 3.8) is 0 Å². The largest absolute Gasteiger partial charge is 0.452 e. The molecule has 0 saturated carbocycles. The van der Waals surface area contributed by atoms with Gasteiger partial charge in [0.15, 0.2) is 6.61 Å². The molecular weight excluding hydrogens is 436 g/mol. The molecule has 2 aromatic carbocycles. The number of nitrogens with zero attached hydrogens (tertiary/aromatic N) is 3. The number of carbonyl (C=O) groups is 4. The molecule has 2 heterocycles. The quantitative estimate of drug-likeness (QED) is 0.662. The van der Waals surface area contributed by atoms with E-state index >= 15 is 0 Å². The Bertz CT molecular complexity index is 1200. The first-order valence-electron chi connectivity index (χ1n) is 11.0. The first kappa shape index (κ1) is 23.0. The fraction of sp³-hybridized carbons (Fsp3) is 0.320. The third-order valence-corrected chi connectivity index (χ3v) is 6.00. The lowest BCUT2D eigenvalue weighted by Gasteiger charge is -2.50. The molecule has 0 bridgehead atoms. The van der Waals surface area contributed by atoms with Gasteiger partial charge in [0.1, 0.15) is 0 Å². The number of amides is 3. The Morgan fingerprint density at radius 3 is 2.53 bits per heavy atom. The van der Waals surface area contributed by atoms with Gasteiger partial charge in [-0.25, -0.2) is 4.79 Å². The molecule has 2 aliphatic heterocycles. The number of ether oxygens (including phenoxy) is 1. The van der Waals surface area contributed by atoms with Crippen molar-refractivity contribution in [1.82, 2.24) is 4.90 Å². The summed E-state index contributed by atoms with van der Waals surface area (Å²) < 4.78 is 5.39. The predicted octanol–water partition coefficient (Wildman–Crippen LogP) is 2.62. The van der Waals surface area contributed by atoms with E-state index in [9.17, 15) is 19.2 Å². The van der Waals surface area contributed by atoms with E-state index in [1.165, 1.54) is 9.80 Å². The van der Waals surface area contributed by atoms with E-state index in [2.05, 4.69) is 5.32 Å². The average molecular weight is 460 g/mol. The standard InChI is InChI=1S/C25H24N4O5/c1-16(2)28-23(32)19-5-3-4-6-20(19)29-22(31)11-13-25(28,29)24(33)34-15-21(30)27-18-9-7-17(8-10-18)12-14-26/h3-10,16H,11-13,15H2,1-2H3,(H,27,30). The first-order chi connectivity index (χ1) is 16.3. The van der Waals surface area contributed by atoms with Gasteiger partial charge in [-0.3, -0.25) is 19.3 Å². The van der Waals surface area contributed by atoms with Crippen LogP contribution < -0.4 is 10.2 Å². The SMILES string of the molecule is CC(C)N1C(=O)c2ccccc2N2C(=O)CCC21C(=O)OCC(=O)Nc1ccc(CC#N)cc1. The fourth-order valence-corrected chi connectivity index (χ4v) is 4.61. The number of rotatable bonds is 6. The smallest absolute Gasteiger partial charge is 0.354 e. The summed E-state index contributed by atoms with van der Waals surface area (Å²) in [5.41, 5.74) is 0.367. The Morgan fingerprint density at radius 1 is 1.15 bits per heavy atom. The molecule has 174 valence electrons. The van der Waals surface area contributed by atoms with Crippen LogP contribution in [0.2, 0.25) is 0 Å². The number of nitriles is 1. The van der Waals surface area contributed by atoms with Gasteiger partial charge in [0.05, 0.1) is 23.7 Å². The van der Waals surface area contributed by atoms with Crippen LogP contribution in [0.25, 0.3) is 0 Å². The highest BCUT2D eigenvalue weighted by atomic mass is 16.5. The van der Waals surface area contributed by atoms with E-state index in [0.717, 1.165) is 5.56 Å². The fourth-order valence-electron chi connectivity index (χ4n) is 4.61. The molecule has 2 aromatic rings. The van der Waals surface area contributed by atoms with E-state index in [4.69, 9.17) is 10.00 Å². The Labute approximate surface area is 196 Å². The monoisotopic (exact) mass is 460 g/mol. The average Bonchev–Trinajstić information content (AvgIpc) is 3.17. The number of esters is 1. The Balaban J connectivity index is 1.56. The topological polar surface area (TPSA) is 120 Å². The molecule has 0 aromatic heterocycles. The van der Waals surface area contributed by atoms with Crippen LogP contribution in [0.1, 0.15) is 42.6 Å². The van der Waals surface area contributed by atoms with E-state index < -0.39 is 30.2 Å². The molecular formula is C25H24N4O5. The normalized spacial score (nSPS) is 18.9. The van der Waals surface area contributed by atoms with Gasteiger partial charge in [0.25, 0.3) is 11.8 Å². The molecule has 0 radical (unpaired) electrons. The van der Waals surface area contributed by atoms with Crippen molar-refractivity contribution in [2.24, 2.45) is 0 Å². The zero-order valence-corrected chi connectivity index (χ0v) is 18.9. The molecule has 1 fully saturated rings. The molecule has 1 N–H and O–H groups in total. The van der Waals surface area contributed by atoms with Gasteiger partial charge >= 0.3 is 5.97 Å². The van der Waals surface area contributed by atoms with Crippen molar-refractivity contribution in [2.75, 3.05) is 16.8 Å². The number of para-hydroxylation sites is 1. The van der Waals surface area contributed by atoms with Crippen molar-refractivity contribution in [1.29, 1.82) is 5.26 Å². The highest BCUT2D eigenvalue weighted by molar-refractivity contribution is 6.15. The summed E-state index contributed by atoms with van der Waals surface area (Å²) >= 11 is 0. The second kappa shape index (κ2) is 8.98. The van der Waals surface area contributed by atoms with Crippen LogP contribution in [0.15, 0.2) is 48.5 Å². The molecule has 2 aliphatic rings. The lowest BCUT2D eigenvalue weighted by Crippen LogP contribution is -2.70. The van der Waals surface area contributed by atoms with E-state index in [1.807, 2.05) is 6.07 Å². The third kappa shape index (κ3) is 3.77. The number of anilines is 2. The van der Waals surface area contributed by atoms with Gasteiger partial charge in [-0.15, -0.1) is 0 Å². The van der Waals surface area contributed by atoms with Gasteiger partial charge in [-0.2, -0.15) is 5.26 Å². The molecule has 1 saturated heterocycles. The number of hydrogen-bond donors (Lipinski definition) is 1. The van der Waals surface area contributed by atoms with Gasteiger partial charge < -0.3 is 15.0 Å². The van der Waals surface area contributed by atoms with E-state index in [-0.39, 0.29) is 31.1 Å². The van der Waals surface area contributed by atoms with E-state index in [0.29, 0.717) is 16.9 Å². The molecule has 0 spiro atoms. The molecule has 34 heavy (non-hydrogen) atoms. The predicted molar refractivity (Wildman–Crippen MR) is 123 cm³/mol. The number of benzene rings is 2. The van der Waals surface area contributed by atoms with Crippen LogP contribution in [0.4, 0.5) is 11.4 Å². The Morgan fingerprint density at radius 2 is 1.85 bits per heavy atom. The second-order valence-corrected chi connectivity index (χ2v) is 8.49. The molecule has 1 unspecified atom stereocenters. The third-order valence-electron chi connectivity index (χ3n) is 6.00. The Hall–Kier alpha value is -4.19. The molecule has 9 heteroatoms. The van der Waals surface area contributed by atoms with Crippen LogP contribution >= 0.6 is 0 Å². The summed E-state index contributed by atoms with van der Waals surface area (Å²) in [6, 6.07) is 15.1. The summed E-state index contributed by atoms with van der Waals surface area (Å²) in [4.78, 5) is 54.9. The molecule has 9 nitrogen and oxygen atoms in total. The number of nitrogens with one attached hydrogen (secondary N) is 1. The van der Waals surface area contributed by atoms with Crippen molar-refractivity contribution >= 4 is 35.1 Å². The lowest BCUT2D eigenvalue weighted by molar-refractivity contribution is -0.160. The maximum absolute atomic E-state index is 13.5. The number of fused-ring (bicyclic) bond motifs is 3. The molecule has 1 atom stereocenters. The highest BCUT2D eigenvalue weighted by Gasteiger charge is 2.62. The summed E-state index contributed by atoms with van der Waals surface area (Å²) in [7, 11) is 0. The van der Waals surface area contributed by atoms with Crippen molar-refractivity contribution in [3.05, 3.63) is 59.7 Å². The van der Waals surface area contributed by atoms with Crippen LogP contribution in [0.3, 0.4) is 0 Å². The minimum absolute atomic E-state index is 0.0706. The lowest BCUT2D eigenvalue weighted by atomic mass is 9.95.